The van der Waals surface area contributed by atoms with Crippen molar-refractivity contribution in [2.75, 3.05) is 20.3 Å². The number of methoxy groups -OCH3 is 1. The van der Waals surface area contributed by atoms with E-state index in [0.29, 0.717) is 13.2 Å². The lowest BCUT2D eigenvalue weighted by atomic mass is 10.1. The molecule has 1 aromatic carbocycles. The number of nitrogens with one attached hydrogen (secondary N) is 2. The van der Waals surface area contributed by atoms with Crippen LogP contribution < -0.4 is 20.1 Å². The van der Waals surface area contributed by atoms with Crippen molar-refractivity contribution in [3.8, 4) is 17.6 Å². The van der Waals surface area contributed by atoms with Gasteiger partial charge < -0.3 is 20.1 Å². The third-order valence-corrected chi connectivity index (χ3v) is 2.67. The Balaban J connectivity index is 2.38. The first-order chi connectivity index (χ1) is 10.9. The Hall–Kier alpha value is -2.68. The van der Waals surface area contributed by atoms with E-state index in [4.69, 9.17) is 14.7 Å². The molecule has 0 spiro atoms. The van der Waals surface area contributed by atoms with Crippen LogP contribution in [0.4, 0.5) is 0 Å². The molecule has 124 valence electrons. The molecule has 0 aliphatic carbocycles. The highest BCUT2D eigenvalue weighted by molar-refractivity contribution is 5.97. The van der Waals surface area contributed by atoms with E-state index in [1.807, 2.05) is 51.1 Å². The SMILES string of the molecule is COc1ccc(OCCN/C=C(/C#N)C(=O)NC(C)(C)C)cc1. The van der Waals surface area contributed by atoms with Gasteiger partial charge in [-0.15, -0.1) is 0 Å². The van der Waals surface area contributed by atoms with Crippen LogP contribution in [-0.2, 0) is 4.79 Å². The Morgan fingerprint density at radius 2 is 1.87 bits per heavy atom. The van der Waals surface area contributed by atoms with Crippen molar-refractivity contribution in [1.82, 2.24) is 10.6 Å². The Morgan fingerprint density at radius 1 is 1.26 bits per heavy atom. The standard InChI is InChI=1S/C17H23N3O3/c1-17(2,3)20-16(21)13(11-18)12-19-9-10-23-15-7-5-14(22-4)6-8-15/h5-8,12,19H,9-10H2,1-4H3,(H,20,21)/b13-12-. The van der Waals surface area contributed by atoms with Crippen LogP contribution in [0.25, 0.3) is 0 Å². The number of benzene rings is 1. The van der Waals surface area contributed by atoms with Crippen LogP contribution in [0.1, 0.15) is 20.8 Å². The van der Waals surface area contributed by atoms with Gasteiger partial charge in [-0.25, -0.2) is 0 Å². The summed E-state index contributed by atoms with van der Waals surface area (Å²) in [7, 11) is 1.61. The number of nitrogens with zero attached hydrogens (tertiary/aromatic N) is 1. The number of ether oxygens (including phenoxy) is 2. The van der Waals surface area contributed by atoms with E-state index in [1.54, 1.807) is 7.11 Å². The van der Waals surface area contributed by atoms with Crippen LogP contribution in [0.3, 0.4) is 0 Å². The average molecular weight is 317 g/mol. The minimum absolute atomic E-state index is 0.0318. The second-order valence-electron chi connectivity index (χ2n) is 5.85. The molecule has 0 atom stereocenters. The largest absolute Gasteiger partial charge is 0.497 e. The van der Waals surface area contributed by atoms with E-state index >= 15 is 0 Å². The van der Waals surface area contributed by atoms with Gasteiger partial charge in [-0.1, -0.05) is 0 Å². The van der Waals surface area contributed by atoms with Crippen LogP contribution in [0.2, 0.25) is 0 Å². The molecule has 0 heterocycles. The fraction of sp³-hybridized carbons (Fsp3) is 0.412. The number of carbonyl (C=O) groups excluding carboxylic acids is 1. The molecule has 0 saturated carbocycles. The maximum atomic E-state index is 11.9. The van der Waals surface area contributed by atoms with Crippen molar-refractivity contribution in [2.24, 2.45) is 0 Å². The fourth-order valence-electron chi connectivity index (χ4n) is 1.63. The molecule has 6 nitrogen and oxygen atoms in total. The highest BCUT2D eigenvalue weighted by atomic mass is 16.5. The summed E-state index contributed by atoms with van der Waals surface area (Å²) in [6, 6.07) is 9.13. The number of hydrogen-bond donors (Lipinski definition) is 2. The van der Waals surface area contributed by atoms with E-state index in [9.17, 15) is 4.79 Å². The summed E-state index contributed by atoms with van der Waals surface area (Å²) in [4.78, 5) is 11.9. The summed E-state index contributed by atoms with van der Waals surface area (Å²) in [5, 5.41) is 14.7. The first-order valence-corrected chi connectivity index (χ1v) is 7.29. The number of amides is 1. The van der Waals surface area contributed by atoms with Gasteiger partial charge in [-0.05, 0) is 45.0 Å². The molecule has 0 aliphatic heterocycles. The topological polar surface area (TPSA) is 83.4 Å². The molecule has 1 rings (SSSR count). The van der Waals surface area contributed by atoms with Crippen LogP contribution in [0, 0.1) is 11.3 Å². The molecule has 0 fully saturated rings. The van der Waals surface area contributed by atoms with Crippen molar-refractivity contribution in [3.05, 3.63) is 36.0 Å². The molecule has 0 aromatic heterocycles. The van der Waals surface area contributed by atoms with Gasteiger partial charge in [0.05, 0.1) is 7.11 Å². The summed E-state index contributed by atoms with van der Waals surface area (Å²) in [5.74, 6) is 1.09. The van der Waals surface area contributed by atoms with Crippen molar-refractivity contribution in [2.45, 2.75) is 26.3 Å². The minimum atomic E-state index is -0.399. The molecular weight excluding hydrogens is 294 g/mol. The smallest absolute Gasteiger partial charge is 0.263 e. The third-order valence-electron chi connectivity index (χ3n) is 2.67. The number of hydrogen-bond acceptors (Lipinski definition) is 5. The monoisotopic (exact) mass is 317 g/mol. The second kappa shape index (κ2) is 8.69. The number of carbonyl (C=O) groups is 1. The fourth-order valence-corrected chi connectivity index (χ4v) is 1.63. The number of nitriles is 1. The zero-order valence-corrected chi connectivity index (χ0v) is 14.0. The van der Waals surface area contributed by atoms with Gasteiger partial charge in [0, 0.05) is 18.3 Å². The van der Waals surface area contributed by atoms with Crippen molar-refractivity contribution in [1.29, 1.82) is 5.26 Å². The summed E-state index contributed by atoms with van der Waals surface area (Å²) in [6.45, 7) is 6.45. The normalized spacial score (nSPS) is 11.3. The van der Waals surface area contributed by atoms with E-state index in [1.165, 1.54) is 6.20 Å². The maximum Gasteiger partial charge on any atom is 0.263 e. The Bertz CT molecular complexity index is 581. The lowest BCUT2D eigenvalue weighted by Crippen LogP contribution is -2.41. The predicted octanol–water partition coefficient (Wildman–Crippen LogP) is 1.99. The molecule has 0 unspecified atom stereocenters. The molecule has 1 amide bonds. The van der Waals surface area contributed by atoms with Crippen molar-refractivity contribution < 1.29 is 14.3 Å². The van der Waals surface area contributed by atoms with Gasteiger partial charge in [0.1, 0.15) is 29.7 Å². The Kier molecular flexibility index (Phi) is 6.94. The molecule has 0 bridgehead atoms. The first-order valence-electron chi connectivity index (χ1n) is 7.29. The molecule has 23 heavy (non-hydrogen) atoms. The van der Waals surface area contributed by atoms with Gasteiger partial charge >= 0.3 is 0 Å². The third kappa shape index (κ3) is 7.23. The molecule has 2 N–H and O–H groups in total. The quantitative estimate of drug-likeness (QED) is 0.456. The number of rotatable bonds is 7. The maximum absolute atomic E-state index is 11.9. The predicted molar refractivity (Wildman–Crippen MR) is 88.1 cm³/mol. The minimum Gasteiger partial charge on any atom is -0.497 e. The van der Waals surface area contributed by atoms with E-state index in [2.05, 4.69) is 10.6 Å². The zero-order valence-electron chi connectivity index (χ0n) is 14.0. The van der Waals surface area contributed by atoms with Crippen LogP contribution >= 0.6 is 0 Å². The molecule has 1 aromatic rings. The van der Waals surface area contributed by atoms with E-state index in [0.717, 1.165) is 11.5 Å². The van der Waals surface area contributed by atoms with Crippen LogP contribution in [0.5, 0.6) is 11.5 Å². The van der Waals surface area contributed by atoms with Crippen LogP contribution in [-0.4, -0.2) is 31.7 Å². The van der Waals surface area contributed by atoms with Gasteiger partial charge in [0.25, 0.3) is 5.91 Å². The highest BCUT2D eigenvalue weighted by Crippen LogP contribution is 2.16. The molecule has 6 heteroatoms. The molecular formula is C17H23N3O3. The second-order valence-corrected chi connectivity index (χ2v) is 5.85. The first kappa shape index (κ1) is 18.4. The summed E-state index contributed by atoms with van der Waals surface area (Å²) in [5.41, 5.74) is -0.353. The molecule has 0 aliphatic rings. The lowest BCUT2D eigenvalue weighted by Gasteiger charge is -2.20. The highest BCUT2D eigenvalue weighted by Gasteiger charge is 2.16. The van der Waals surface area contributed by atoms with Gasteiger partial charge in [-0.2, -0.15) is 5.26 Å². The van der Waals surface area contributed by atoms with Gasteiger partial charge in [0.15, 0.2) is 0 Å². The Labute approximate surface area is 137 Å². The summed E-state index contributed by atoms with van der Waals surface area (Å²) < 4.78 is 10.6. The lowest BCUT2D eigenvalue weighted by molar-refractivity contribution is -0.118. The molecule has 0 radical (unpaired) electrons. The van der Waals surface area contributed by atoms with Crippen molar-refractivity contribution >= 4 is 5.91 Å². The van der Waals surface area contributed by atoms with Crippen molar-refractivity contribution in [3.63, 3.8) is 0 Å². The zero-order chi connectivity index (χ0) is 17.3. The van der Waals surface area contributed by atoms with E-state index < -0.39 is 5.91 Å². The Morgan fingerprint density at radius 3 is 2.39 bits per heavy atom. The summed E-state index contributed by atoms with van der Waals surface area (Å²) in [6.07, 6.45) is 1.40. The van der Waals surface area contributed by atoms with Gasteiger partial charge in [-0.3, -0.25) is 4.79 Å². The molecule has 0 saturated heterocycles. The summed E-state index contributed by atoms with van der Waals surface area (Å²) >= 11 is 0. The van der Waals surface area contributed by atoms with Gasteiger partial charge in [0.2, 0.25) is 0 Å². The van der Waals surface area contributed by atoms with Crippen LogP contribution in [0.15, 0.2) is 36.0 Å². The van der Waals surface area contributed by atoms with E-state index in [-0.39, 0.29) is 11.1 Å². The average Bonchev–Trinajstić information content (AvgIpc) is 2.49.